The summed E-state index contributed by atoms with van der Waals surface area (Å²) in [6.45, 7) is 3.27. The van der Waals surface area contributed by atoms with Gasteiger partial charge in [-0.25, -0.2) is 0 Å². The number of hydrogen-bond acceptors (Lipinski definition) is 4. The first-order valence-corrected chi connectivity index (χ1v) is 10.4. The Labute approximate surface area is 180 Å². The van der Waals surface area contributed by atoms with Crippen LogP contribution in [-0.4, -0.2) is 45.4 Å². The highest BCUT2D eigenvalue weighted by Crippen LogP contribution is 2.17. The van der Waals surface area contributed by atoms with Gasteiger partial charge in [0.15, 0.2) is 5.69 Å². The van der Waals surface area contributed by atoms with Crippen molar-refractivity contribution in [3.63, 3.8) is 0 Å². The molecule has 0 saturated carbocycles. The predicted octanol–water partition coefficient (Wildman–Crippen LogP) is 2.12. The van der Waals surface area contributed by atoms with Gasteiger partial charge in [0.2, 0.25) is 11.8 Å². The van der Waals surface area contributed by atoms with Crippen molar-refractivity contribution in [1.82, 2.24) is 25.7 Å². The van der Waals surface area contributed by atoms with Crippen LogP contribution in [0.3, 0.4) is 0 Å². The van der Waals surface area contributed by atoms with E-state index >= 15 is 0 Å². The summed E-state index contributed by atoms with van der Waals surface area (Å²) in [7, 11) is 0. The third-order valence-electron chi connectivity index (χ3n) is 5.53. The van der Waals surface area contributed by atoms with Gasteiger partial charge in [-0.3, -0.25) is 19.5 Å². The van der Waals surface area contributed by atoms with Gasteiger partial charge in [-0.15, -0.1) is 0 Å². The number of aromatic amines is 1. The summed E-state index contributed by atoms with van der Waals surface area (Å²) in [4.78, 5) is 38.9. The molecule has 0 spiro atoms. The first kappa shape index (κ1) is 20.6. The van der Waals surface area contributed by atoms with Crippen LogP contribution in [-0.2, 0) is 22.7 Å². The van der Waals surface area contributed by atoms with Gasteiger partial charge in [0.1, 0.15) is 6.04 Å². The zero-order valence-electron chi connectivity index (χ0n) is 17.4. The maximum atomic E-state index is 12.6. The van der Waals surface area contributed by atoms with Crippen LogP contribution >= 0.6 is 0 Å². The van der Waals surface area contributed by atoms with Crippen molar-refractivity contribution >= 4 is 28.6 Å². The van der Waals surface area contributed by atoms with Crippen molar-refractivity contribution in [2.45, 2.75) is 38.9 Å². The molecule has 2 heterocycles. The molecule has 1 aliphatic heterocycles. The molecule has 160 valence electrons. The molecular formula is C23H25N5O3. The summed E-state index contributed by atoms with van der Waals surface area (Å²) in [5, 5.41) is 13.2. The minimum Gasteiger partial charge on any atom is -0.350 e. The van der Waals surface area contributed by atoms with Crippen LogP contribution in [0, 0.1) is 0 Å². The number of carbonyl (C=O) groups is 3. The van der Waals surface area contributed by atoms with Crippen LogP contribution in [0.2, 0.25) is 0 Å². The van der Waals surface area contributed by atoms with Crippen molar-refractivity contribution < 1.29 is 14.4 Å². The van der Waals surface area contributed by atoms with E-state index in [9.17, 15) is 14.4 Å². The third kappa shape index (κ3) is 4.58. The van der Waals surface area contributed by atoms with Crippen LogP contribution in [0.1, 0.15) is 41.4 Å². The number of nitrogens with one attached hydrogen (secondary N) is 3. The molecule has 31 heavy (non-hydrogen) atoms. The quantitative estimate of drug-likeness (QED) is 0.545. The molecule has 1 saturated heterocycles. The Morgan fingerprint density at radius 2 is 1.87 bits per heavy atom. The zero-order chi connectivity index (χ0) is 21.8. The highest BCUT2D eigenvalue weighted by Gasteiger charge is 2.22. The van der Waals surface area contributed by atoms with Gasteiger partial charge in [-0.05, 0) is 30.5 Å². The zero-order valence-corrected chi connectivity index (χ0v) is 17.4. The van der Waals surface area contributed by atoms with E-state index < -0.39 is 11.9 Å². The number of carbonyl (C=O) groups excluding carboxylic acids is 3. The number of fused-ring (bicyclic) bond motifs is 1. The van der Waals surface area contributed by atoms with Gasteiger partial charge in [-0.1, -0.05) is 42.5 Å². The number of H-pyrrole nitrogens is 1. The van der Waals surface area contributed by atoms with Crippen LogP contribution in [0.15, 0.2) is 48.5 Å². The van der Waals surface area contributed by atoms with E-state index in [1.165, 1.54) is 0 Å². The molecule has 3 amide bonds. The van der Waals surface area contributed by atoms with E-state index in [1.807, 2.05) is 47.4 Å². The monoisotopic (exact) mass is 419 g/mol. The SMILES string of the molecule is CC(NC(=O)c1n[nH]c2ccccc12)C(=O)NCc1ccccc1CN1CCCC1=O. The molecule has 8 nitrogen and oxygen atoms in total. The molecule has 4 rings (SSSR count). The molecule has 1 unspecified atom stereocenters. The molecule has 1 fully saturated rings. The highest BCUT2D eigenvalue weighted by atomic mass is 16.2. The van der Waals surface area contributed by atoms with E-state index in [0.29, 0.717) is 24.9 Å². The first-order valence-electron chi connectivity index (χ1n) is 10.4. The first-order chi connectivity index (χ1) is 15.0. The molecule has 0 radical (unpaired) electrons. The van der Waals surface area contributed by atoms with Gasteiger partial charge in [0.25, 0.3) is 5.91 Å². The van der Waals surface area contributed by atoms with E-state index in [-0.39, 0.29) is 17.5 Å². The summed E-state index contributed by atoms with van der Waals surface area (Å²) >= 11 is 0. The number of para-hydroxylation sites is 1. The molecule has 1 atom stereocenters. The fraction of sp³-hybridized carbons (Fsp3) is 0.304. The highest BCUT2D eigenvalue weighted by molar-refractivity contribution is 6.05. The smallest absolute Gasteiger partial charge is 0.273 e. The van der Waals surface area contributed by atoms with Crippen LogP contribution in [0.4, 0.5) is 0 Å². The molecule has 0 aliphatic carbocycles. The van der Waals surface area contributed by atoms with Crippen molar-refractivity contribution in [1.29, 1.82) is 0 Å². The van der Waals surface area contributed by atoms with Gasteiger partial charge in [-0.2, -0.15) is 5.10 Å². The average molecular weight is 419 g/mol. The van der Waals surface area contributed by atoms with Gasteiger partial charge < -0.3 is 15.5 Å². The van der Waals surface area contributed by atoms with Crippen LogP contribution in [0.5, 0.6) is 0 Å². The maximum Gasteiger partial charge on any atom is 0.273 e. The minimum atomic E-state index is -0.727. The third-order valence-corrected chi connectivity index (χ3v) is 5.53. The second-order valence-electron chi connectivity index (χ2n) is 7.72. The molecule has 3 N–H and O–H groups in total. The second kappa shape index (κ2) is 8.99. The molecule has 2 aromatic carbocycles. The summed E-state index contributed by atoms with van der Waals surface area (Å²) in [5.41, 5.74) is 2.99. The van der Waals surface area contributed by atoms with Gasteiger partial charge >= 0.3 is 0 Å². The number of likely N-dealkylation sites (tertiary alicyclic amines) is 1. The molecule has 8 heteroatoms. The Kier molecular flexibility index (Phi) is 5.97. The normalized spacial score (nSPS) is 14.6. The van der Waals surface area contributed by atoms with Crippen molar-refractivity contribution in [3.05, 3.63) is 65.4 Å². The van der Waals surface area contributed by atoms with E-state index in [2.05, 4.69) is 20.8 Å². The average Bonchev–Trinajstić information content (AvgIpc) is 3.39. The molecule has 1 aromatic heterocycles. The van der Waals surface area contributed by atoms with Crippen LogP contribution in [0.25, 0.3) is 10.9 Å². The number of rotatable bonds is 7. The van der Waals surface area contributed by atoms with Crippen LogP contribution < -0.4 is 10.6 Å². The standard InChI is InChI=1S/C23H25N5O3/c1-15(25-23(31)21-18-9-4-5-10-19(18)26-27-21)22(30)24-13-16-7-2-3-8-17(16)14-28-12-6-11-20(28)29/h2-5,7-10,15H,6,11-14H2,1H3,(H,24,30)(H,25,31)(H,26,27). The van der Waals surface area contributed by atoms with E-state index in [4.69, 9.17) is 0 Å². The molecule has 0 bridgehead atoms. The Morgan fingerprint density at radius 1 is 1.13 bits per heavy atom. The summed E-state index contributed by atoms with van der Waals surface area (Å²) < 4.78 is 0. The van der Waals surface area contributed by atoms with E-state index in [0.717, 1.165) is 29.6 Å². The Hall–Kier alpha value is -3.68. The summed E-state index contributed by atoms with van der Waals surface area (Å²) in [5.74, 6) is -0.533. The second-order valence-corrected chi connectivity index (χ2v) is 7.72. The molecular weight excluding hydrogens is 394 g/mol. The Morgan fingerprint density at radius 3 is 2.65 bits per heavy atom. The molecule has 3 aromatic rings. The molecule has 1 aliphatic rings. The topological polar surface area (TPSA) is 107 Å². The largest absolute Gasteiger partial charge is 0.350 e. The lowest BCUT2D eigenvalue weighted by Crippen LogP contribution is -2.44. The summed E-state index contributed by atoms with van der Waals surface area (Å²) in [6.07, 6.45) is 1.49. The fourth-order valence-electron chi connectivity index (χ4n) is 3.76. The maximum absolute atomic E-state index is 12.6. The predicted molar refractivity (Wildman–Crippen MR) is 116 cm³/mol. The number of benzene rings is 2. The fourth-order valence-corrected chi connectivity index (χ4v) is 3.76. The Bertz CT molecular complexity index is 1120. The van der Waals surface area contributed by atoms with E-state index in [1.54, 1.807) is 13.0 Å². The lowest BCUT2D eigenvalue weighted by molar-refractivity contribution is -0.128. The Balaban J connectivity index is 1.35. The van der Waals surface area contributed by atoms with Crippen molar-refractivity contribution in [2.75, 3.05) is 6.54 Å². The van der Waals surface area contributed by atoms with Gasteiger partial charge in [0, 0.05) is 31.4 Å². The van der Waals surface area contributed by atoms with Crippen molar-refractivity contribution in [3.8, 4) is 0 Å². The number of hydrogen-bond donors (Lipinski definition) is 3. The minimum absolute atomic E-state index is 0.168. The number of nitrogens with zero attached hydrogens (tertiary/aromatic N) is 2. The lowest BCUT2D eigenvalue weighted by Gasteiger charge is -2.19. The summed E-state index contributed by atoms with van der Waals surface area (Å²) in [6, 6.07) is 14.4. The van der Waals surface area contributed by atoms with Gasteiger partial charge in [0.05, 0.1) is 5.52 Å². The lowest BCUT2D eigenvalue weighted by atomic mass is 10.1. The number of amides is 3. The van der Waals surface area contributed by atoms with Crippen molar-refractivity contribution in [2.24, 2.45) is 0 Å². The number of aromatic nitrogens is 2.